The van der Waals surface area contributed by atoms with Gasteiger partial charge in [-0.25, -0.2) is 0 Å². The molecule has 1 atom stereocenters. The lowest BCUT2D eigenvalue weighted by Gasteiger charge is -2.22. The molecule has 0 aromatic rings. The molecule has 1 aliphatic rings. The molecule has 82 valence electrons. The zero-order chi connectivity index (χ0) is 10.6. The Hall–Kier alpha value is -0.820. The van der Waals surface area contributed by atoms with E-state index in [1.165, 1.54) is 0 Å². The predicted octanol–water partition coefficient (Wildman–Crippen LogP) is -0.347. The molecule has 0 aromatic carbocycles. The zero-order valence-electron chi connectivity index (χ0n) is 7.36. The van der Waals surface area contributed by atoms with Gasteiger partial charge in [-0.3, -0.25) is 4.79 Å². The van der Waals surface area contributed by atoms with Crippen LogP contribution in [0.15, 0.2) is 0 Å². The van der Waals surface area contributed by atoms with E-state index in [1.54, 1.807) is 5.32 Å². The number of morpholine rings is 1. The minimum absolute atomic E-state index is 0.254. The Bertz CT molecular complexity index is 202. The Kier molecular flexibility index (Phi) is 3.70. The van der Waals surface area contributed by atoms with Gasteiger partial charge in [0.15, 0.2) is 0 Å². The van der Waals surface area contributed by atoms with Gasteiger partial charge in [-0.15, -0.1) is 0 Å². The van der Waals surface area contributed by atoms with Crippen molar-refractivity contribution in [1.29, 1.82) is 0 Å². The first-order chi connectivity index (χ1) is 6.49. The minimum atomic E-state index is -4.38. The number of hydrogen-bond donors (Lipinski definition) is 2. The van der Waals surface area contributed by atoms with Crippen molar-refractivity contribution < 1.29 is 22.7 Å². The van der Waals surface area contributed by atoms with E-state index in [0.717, 1.165) is 0 Å². The van der Waals surface area contributed by atoms with Crippen LogP contribution in [0, 0.1) is 0 Å². The Morgan fingerprint density at radius 1 is 1.57 bits per heavy atom. The molecule has 1 saturated heterocycles. The van der Waals surface area contributed by atoms with Gasteiger partial charge in [0.1, 0.15) is 12.6 Å². The van der Waals surface area contributed by atoms with Crippen LogP contribution in [0.25, 0.3) is 0 Å². The van der Waals surface area contributed by atoms with Crippen molar-refractivity contribution in [3.05, 3.63) is 0 Å². The van der Waals surface area contributed by atoms with Crippen LogP contribution < -0.4 is 10.6 Å². The molecule has 1 aliphatic heterocycles. The highest BCUT2D eigenvalue weighted by atomic mass is 19.4. The second kappa shape index (κ2) is 4.61. The third-order valence-electron chi connectivity index (χ3n) is 1.68. The summed E-state index contributed by atoms with van der Waals surface area (Å²) in [6.07, 6.45) is -5.19. The lowest BCUT2D eigenvalue weighted by atomic mass is 10.3. The maximum atomic E-state index is 11.7. The van der Waals surface area contributed by atoms with E-state index in [0.29, 0.717) is 13.2 Å². The number of halogens is 3. The second-order valence-electron chi connectivity index (χ2n) is 2.90. The monoisotopic (exact) mass is 212 g/mol. The number of carbonyl (C=O) groups is 1. The summed E-state index contributed by atoms with van der Waals surface area (Å²) >= 11 is 0. The van der Waals surface area contributed by atoms with Gasteiger partial charge in [0.2, 0.25) is 0 Å². The summed E-state index contributed by atoms with van der Waals surface area (Å²) in [5.41, 5.74) is 0. The molecule has 0 unspecified atom stereocenters. The first kappa shape index (κ1) is 11.3. The molecule has 0 bridgehead atoms. The fourth-order valence-electron chi connectivity index (χ4n) is 1.03. The lowest BCUT2D eigenvalue weighted by molar-refractivity contribution is -0.146. The predicted molar refractivity (Wildman–Crippen MR) is 41.7 cm³/mol. The summed E-state index contributed by atoms with van der Waals surface area (Å²) < 4.78 is 40.1. The Morgan fingerprint density at radius 3 is 2.79 bits per heavy atom. The van der Waals surface area contributed by atoms with Crippen LogP contribution in [0.2, 0.25) is 0 Å². The van der Waals surface area contributed by atoms with Crippen molar-refractivity contribution >= 4 is 5.91 Å². The standard InChI is InChI=1S/C7H11F3N2O2/c8-7(9,10)4-12-6(13)5-3-11-1-2-14-5/h5,11H,1-4H2,(H,12,13)/t5-/m1/s1. The summed E-state index contributed by atoms with van der Waals surface area (Å²) in [6.45, 7) is -0.109. The van der Waals surface area contributed by atoms with Gasteiger partial charge in [-0.1, -0.05) is 0 Å². The number of nitrogens with one attached hydrogen (secondary N) is 2. The Labute approximate surface area is 78.8 Å². The Morgan fingerprint density at radius 2 is 2.29 bits per heavy atom. The molecule has 0 saturated carbocycles. The number of ether oxygens (including phenoxy) is 1. The first-order valence-electron chi connectivity index (χ1n) is 4.16. The summed E-state index contributed by atoms with van der Waals surface area (Å²) in [7, 11) is 0. The highest BCUT2D eigenvalue weighted by Gasteiger charge is 2.30. The number of alkyl halides is 3. The van der Waals surface area contributed by atoms with E-state index < -0.39 is 24.7 Å². The van der Waals surface area contributed by atoms with E-state index in [1.807, 2.05) is 0 Å². The summed E-state index contributed by atoms with van der Waals surface area (Å²) in [4.78, 5) is 11.1. The van der Waals surface area contributed by atoms with Crippen molar-refractivity contribution in [2.24, 2.45) is 0 Å². The fraction of sp³-hybridized carbons (Fsp3) is 0.857. The molecule has 0 aromatic heterocycles. The third kappa shape index (κ3) is 3.93. The molecular formula is C7H11F3N2O2. The maximum Gasteiger partial charge on any atom is 0.405 e. The summed E-state index contributed by atoms with van der Waals surface area (Å²) in [6, 6.07) is 0. The molecule has 0 aliphatic carbocycles. The van der Waals surface area contributed by atoms with Crippen LogP contribution in [0.5, 0.6) is 0 Å². The van der Waals surface area contributed by atoms with Crippen LogP contribution in [-0.4, -0.2) is 44.4 Å². The number of hydrogen-bond acceptors (Lipinski definition) is 3. The zero-order valence-corrected chi connectivity index (χ0v) is 7.36. The largest absolute Gasteiger partial charge is 0.405 e. The van der Waals surface area contributed by atoms with Crippen molar-refractivity contribution in [1.82, 2.24) is 10.6 Å². The molecule has 7 heteroatoms. The topological polar surface area (TPSA) is 50.4 Å². The molecule has 1 amide bonds. The highest BCUT2D eigenvalue weighted by Crippen LogP contribution is 2.12. The van der Waals surface area contributed by atoms with Crippen LogP contribution in [0.1, 0.15) is 0 Å². The molecular weight excluding hydrogens is 201 g/mol. The lowest BCUT2D eigenvalue weighted by Crippen LogP contribution is -2.49. The van der Waals surface area contributed by atoms with Crippen molar-refractivity contribution in [2.75, 3.05) is 26.2 Å². The van der Waals surface area contributed by atoms with Gasteiger partial charge < -0.3 is 15.4 Å². The van der Waals surface area contributed by atoms with E-state index in [9.17, 15) is 18.0 Å². The van der Waals surface area contributed by atoms with Crippen LogP contribution in [-0.2, 0) is 9.53 Å². The van der Waals surface area contributed by atoms with Crippen LogP contribution in [0.3, 0.4) is 0 Å². The quantitative estimate of drug-likeness (QED) is 0.658. The van der Waals surface area contributed by atoms with Crippen molar-refractivity contribution in [2.45, 2.75) is 12.3 Å². The minimum Gasteiger partial charge on any atom is -0.366 e. The number of carbonyl (C=O) groups excluding carboxylic acids is 1. The van der Waals surface area contributed by atoms with Crippen molar-refractivity contribution in [3.8, 4) is 0 Å². The molecule has 0 spiro atoms. The summed E-state index contributed by atoms with van der Waals surface area (Å²) in [5, 5.41) is 4.61. The van der Waals surface area contributed by atoms with Gasteiger partial charge in [0, 0.05) is 13.1 Å². The number of rotatable bonds is 2. The van der Waals surface area contributed by atoms with Gasteiger partial charge in [-0.2, -0.15) is 13.2 Å². The van der Waals surface area contributed by atoms with Crippen LogP contribution >= 0.6 is 0 Å². The van der Waals surface area contributed by atoms with E-state index in [2.05, 4.69) is 5.32 Å². The van der Waals surface area contributed by atoms with E-state index >= 15 is 0 Å². The van der Waals surface area contributed by atoms with Crippen LogP contribution in [0.4, 0.5) is 13.2 Å². The first-order valence-corrected chi connectivity index (χ1v) is 4.16. The average molecular weight is 212 g/mol. The molecule has 1 rings (SSSR count). The molecule has 4 nitrogen and oxygen atoms in total. The third-order valence-corrected chi connectivity index (χ3v) is 1.68. The average Bonchev–Trinajstić information content (AvgIpc) is 2.14. The highest BCUT2D eigenvalue weighted by molar-refractivity contribution is 5.81. The van der Waals surface area contributed by atoms with Crippen molar-refractivity contribution in [3.63, 3.8) is 0 Å². The molecule has 1 fully saturated rings. The molecule has 1 heterocycles. The normalized spacial score (nSPS) is 23.2. The fourth-order valence-corrected chi connectivity index (χ4v) is 1.03. The van der Waals surface area contributed by atoms with E-state index in [4.69, 9.17) is 4.74 Å². The molecule has 14 heavy (non-hydrogen) atoms. The number of amides is 1. The maximum absolute atomic E-state index is 11.7. The SMILES string of the molecule is O=C(NCC(F)(F)F)[C@H]1CNCCO1. The molecule has 2 N–H and O–H groups in total. The summed E-state index contributed by atoms with van der Waals surface area (Å²) in [5.74, 6) is -0.727. The van der Waals surface area contributed by atoms with Gasteiger partial charge >= 0.3 is 6.18 Å². The van der Waals surface area contributed by atoms with Gasteiger partial charge in [0.05, 0.1) is 6.61 Å². The van der Waals surface area contributed by atoms with Gasteiger partial charge in [0.25, 0.3) is 5.91 Å². The van der Waals surface area contributed by atoms with E-state index in [-0.39, 0.29) is 6.54 Å². The Balaban J connectivity index is 2.27. The smallest absolute Gasteiger partial charge is 0.366 e. The second-order valence-corrected chi connectivity index (χ2v) is 2.90. The van der Waals surface area contributed by atoms with Gasteiger partial charge in [-0.05, 0) is 0 Å². The molecule has 0 radical (unpaired) electrons.